The van der Waals surface area contributed by atoms with Gasteiger partial charge in [0, 0.05) is 17.1 Å². The molecule has 1 amide bonds. The van der Waals surface area contributed by atoms with Crippen molar-refractivity contribution in [1.29, 1.82) is 0 Å². The minimum absolute atomic E-state index is 0.0153. The second-order valence-electron chi connectivity index (χ2n) is 5.16. The van der Waals surface area contributed by atoms with Gasteiger partial charge in [0.2, 0.25) is 5.88 Å². The van der Waals surface area contributed by atoms with E-state index in [0.29, 0.717) is 23.0 Å². The quantitative estimate of drug-likeness (QED) is 0.644. The molecule has 9 heteroatoms. The lowest BCUT2D eigenvalue weighted by Crippen LogP contribution is -2.14. The highest BCUT2D eigenvalue weighted by atomic mass is 32.1. The maximum absolute atomic E-state index is 12.6. The zero-order valence-corrected chi connectivity index (χ0v) is 15.0. The van der Waals surface area contributed by atoms with Gasteiger partial charge < -0.3 is 9.47 Å². The lowest BCUT2D eigenvalue weighted by Gasteiger charge is -2.09. The zero-order chi connectivity index (χ0) is 19.2. The first-order chi connectivity index (χ1) is 13.1. The van der Waals surface area contributed by atoms with Crippen LogP contribution in [0.1, 0.15) is 17.3 Å². The number of aromatic nitrogens is 2. The normalized spacial score (nSPS) is 10.7. The van der Waals surface area contributed by atoms with E-state index in [-0.39, 0.29) is 17.2 Å². The minimum atomic E-state index is -2.94. The van der Waals surface area contributed by atoms with Gasteiger partial charge in [-0.2, -0.15) is 8.78 Å². The van der Waals surface area contributed by atoms with E-state index in [2.05, 4.69) is 20.0 Å². The SMILES string of the molecule is CCOc1ncccc1C(=O)Nc1nc(-c2ccccc2OC(F)F)cs1. The molecule has 3 rings (SSSR count). The van der Waals surface area contributed by atoms with Crippen LogP contribution < -0.4 is 14.8 Å². The largest absolute Gasteiger partial charge is 0.477 e. The predicted octanol–water partition coefficient (Wildman–Crippen LogP) is 4.46. The summed E-state index contributed by atoms with van der Waals surface area (Å²) in [5, 5.41) is 4.63. The number of hydrogen-bond donors (Lipinski definition) is 1. The number of carbonyl (C=O) groups excluding carboxylic acids is 1. The van der Waals surface area contributed by atoms with Crippen molar-refractivity contribution in [3.63, 3.8) is 0 Å². The fourth-order valence-electron chi connectivity index (χ4n) is 2.31. The highest BCUT2D eigenvalue weighted by molar-refractivity contribution is 7.14. The van der Waals surface area contributed by atoms with Gasteiger partial charge in [0.1, 0.15) is 11.3 Å². The molecule has 3 aromatic rings. The van der Waals surface area contributed by atoms with Crippen LogP contribution in [0.15, 0.2) is 48.0 Å². The Hall–Kier alpha value is -3.07. The third kappa shape index (κ3) is 4.56. The van der Waals surface area contributed by atoms with E-state index in [1.165, 1.54) is 23.6 Å². The van der Waals surface area contributed by atoms with Crippen LogP contribution in [-0.4, -0.2) is 29.1 Å². The second-order valence-corrected chi connectivity index (χ2v) is 6.01. The Labute approximate surface area is 157 Å². The van der Waals surface area contributed by atoms with E-state index in [1.54, 1.807) is 42.6 Å². The number of carbonyl (C=O) groups is 1. The van der Waals surface area contributed by atoms with Crippen LogP contribution in [0.25, 0.3) is 11.3 Å². The van der Waals surface area contributed by atoms with Gasteiger partial charge in [-0.15, -0.1) is 11.3 Å². The number of thiazole rings is 1. The fraction of sp³-hybridized carbons (Fsp3) is 0.167. The Morgan fingerprint density at radius 1 is 1.26 bits per heavy atom. The predicted molar refractivity (Wildman–Crippen MR) is 97.5 cm³/mol. The summed E-state index contributed by atoms with van der Waals surface area (Å²) in [6.45, 7) is -0.770. The summed E-state index contributed by atoms with van der Waals surface area (Å²) < 4.78 is 35.0. The van der Waals surface area contributed by atoms with Gasteiger partial charge in [-0.25, -0.2) is 9.97 Å². The molecule has 1 aromatic carbocycles. The average Bonchev–Trinajstić information content (AvgIpc) is 3.10. The summed E-state index contributed by atoms with van der Waals surface area (Å²) >= 11 is 1.17. The molecule has 0 aliphatic rings. The molecule has 140 valence electrons. The number of nitrogens with zero attached hydrogens (tertiary/aromatic N) is 2. The van der Waals surface area contributed by atoms with Crippen LogP contribution in [-0.2, 0) is 0 Å². The van der Waals surface area contributed by atoms with Crippen molar-refractivity contribution in [2.24, 2.45) is 0 Å². The van der Waals surface area contributed by atoms with Crippen LogP contribution in [0.3, 0.4) is 0 Å². The number of nitrogens with one attached hydrogen (secondary N) is 1. The van der Waals surface area contributed by atoms with E-state index in [1.807, 2.05) is 0 Å². The summed E-state index contributed by atoms with van der Waals surface area (Å²) in [6, 6.07) is 9.55. The molecule has 2 aromatic heterocycles. The smallest absolute Gasteiger partial charge is 0.387 e. The molecular weight excluding hydrogens is 376 g/mol. The molecule has 0 fully saturated rings. The van der Waals surface area contributed by atoms with E-state index >= 15 is 0 Å². The number of pyridine rings is 1. The lowest BCUT2D eigenvalue weighted by molar-refractivity contribution is -0.0494. The van der Waals surface area contributed by atoms with Crippen molar-refractivity contribution < 1.29 is 23.0 Å². The lowest BCUT2D eigenvalue weighted by atomic mass is 10.1. The van der Waals surface area contributed by atoms with Gasteiger partial charge in [-0.3, -0.25) is 10.1 Å². The van der Waals surface area contributed by atoms with Crippen molar-refractivity contribution in [2.45, 2.75) is 13.5 Å². The number of rotatable bonds is 7. The number of anilines is 1. The summed E-state index contributed by atoms with van der Waals surface area (Å²) in [5.41, 5.74) is 1.10. The number of para-hydroxylation sites is 1. The number of alkyl halides is 2. The van der Waals surface area contributed by atoms with E-state index in [0.717, 1.165) is 0 Å². The van der Waals surface area contributed by atoms with Crippen molar-refractivity contribution in [2.75, 3.05) is 11.9 Å². The van der Waals surface area contributed by atoms with Crippen LogP contribution in [0.5, 0.6) is 11.6 Å². The van der Waals surface area contributed by atoms with E-state index in [9.17, 15) is 13.6 Å². The number of benzene rings is 1. The Bertz CT molecular complexity index is 933. The summed E-state index contributed by atoms with van der Waals surface area (Å²) in [6.07, 6.45) is 1.53. The van der Waals surface area contributed by atoms with Gasteiger partial charge in [0.05, 0.1) is 12.3 Å². The highest BCUT2D eigenvalue weighted by Gasteiger charge is 2.17. The Balaban J connectivity index is 1.80. The van der Waals surface area contributed by atoms with Crippen molar-refractivity contribution in [3.05, 3.63) is 53.5 Å². The molecule has 0 atom stereocenters. The van der Waals surface area contributed by atoms with Gasteiger partial charge in [-0.05, 0) is 31.2 Å². The second kappa shape index (κ2) is 8.54. The Kier molecular flexibility index (Phi) is 5.92. The van der Waals surface area contributed by atoms with Crippen molar-refractivity contribution >= 4 is 22.4 Å². The zero-order valence-electron chi connectivity index (χ0n) is 14.2. The van der Waals surface area contributed by atoms with E-state index in [4.69, 9.17) is 4.74 Å². The van der Waals surface area contributed by atoms with Gasteiger partial charge in [-0.1, -0.05) is 12.1 Å². The molecule has 27 heavy (non-hydrogen) atoms. The molecule has 6 nitrogen and oxygen atoms in total. The molecular formula is C18H15F2N3O3S. The first kappa shape index (κ1) is 18.7. The van der Waals surface area contributed by atoms with Crippen LogP contribution >= 0.6 is 11.3 Å². The third-order valence-corrected chi connectivity index (χ3v) is 4.16. The molecule has 0 saturated heterocycles. The third-order valence-electron chi connectivity index (χ3n) is 3.40. The molecule has 0 aliphatic heterocycles. The molecule has 0 radical (unpaired) electrons. The van der Waals surface area contributed by atoms with Gasteiger partial charge in [0.25, 0.3) is 5.91 Å². The summed E-state index contributed by atoms with van der Waals surface area (Å²) in [7, 11) is 0. The Morgan fingerprint density at radius 3 is 2.85 bits per heavy atom. The number of amides is 1. The van der Waals surface area contributed by atoms with Gasteiger partial charge in [0.15, 0.2) is 5.13 Å². The van der Waals surface area contributed by atoms with Gasteiger partial charge >= 0.3 is 6.61 Å². The molecule has 0 saturated carbocycles. The number of hydrogen-bond acceptors (Lipinski definition) is 6. The fourth-order valence-corrected chi connectivity index (χ4v) is 3.02. The molecule has 0 spiro atoms. The number of ether oxygens (including phenoxy) is 2. The molecule has 2 heterocycles. The van der Waals surface area contributed by atoms with Crippen LogP contribution in [0.2, 0.25) is 0 Å². The van der Waals surface area contributed by atoms with Crippen molar-refractivity contribution in [1.82, 2.24) is 9.97 Å². The molecule has 1 N–H and O–H groups in total. The van der Waals surface area contributed by atoms with Crippen LogP contribution in [0.4, 0.5) is 13.9 Å². The van der Waals surface area contributed by atoms with Crippen LogP contribution in [0, 0.1) is 0 Å². The average molecular weight is 391 g/mol. The molecule has 0 aliphatic carbocycles. The maximum Gasteiger partial charge on any atom is 0.387 e. The monoisotopic (exact) mass is 391 g/mol. The number of halogens is 2. The minimum Gasteiger partial charge on any atom is -0.477 e. The molecule has 0 unspecified atom stereocenters. The van der Waals surface area contributed by atoms with E-state index < -0.39 is 12.5 Å². The standard InChI is InChI=1S/C18H15F2N3O3S/c1-2-25-16-12(7-5-9-21-16)15(24)23-18-22-13(10-27-18)11-6-3-4-8-14(11)26-17(19)20/h3-10,17H,2H2,1H3,(H,22,23,24). The topological polar surface area (TPSA) is 73.3 Å². The first-order valence-corrected chi connectivity index (χ1v) is 8.85. The molecule has 0 bridgehead atoms. The Morgan fingerprint density at radius 2 is 2.07 bits per heavy atom. The highest BCUT2D eigenvalue weighted by Crippen LogP contribution is 2.33. The summed E-state index contributed by atoms with van der Waals surface area (Å²) in [5.74, 6) is -0.184. The maximum atomic E-state index is 12.6. The van der Waals surface area contributed by atoms with Crippen molar-refractivity contribution in [3.8, 4) is 22.9 Å². The first-order valence-electron chi connectivity index (χ1n) is 7.97. The summed E-state index contributed by atoms with van der Waals surface area (Å²) in [4.78, 5) is 20.8.